The Balaban J connectivity index is 1.56. The minimum Gasteiger partial charge on any atom is -0.488 e. The topological polar surface area (TPSA) is 100 Å². The number of ether oxygens (including phenoxy) is 2. The summed E-state index contributed by atoms with van der Waals surface area (Å²) >= 11 is 0. The van der Waals surface area contributed by atoms with Gasteiger partial charge in [0.15, 0.2) is 11.6 Å². The van der Waals surface area contributed by atoms with Crippen LogP contribution in [0.2, 0.25) is 0 Å². The van der Waals surface area contributed by atoms with E-state index in [0.717, 1.165) is 25.9 Å². The smallest absolute Gasteiger partial charge is 0.414 e. The van der Waals surface area contributed by atoms with Gasteiger partial charge in [0.05, 0.1) is 24.9 Å². The standard InChI is InChI=1S/C19H26FN3O5/c1-12(24)22-9-15-10-23(19(26)28-15)14-2-3-18(16(20)8-14)27-11-17(25)13-4-6-21-7-5-13/h2-3,8,13,15,17,21,25H,4-7,9-11H2,1H3,(H,22,24)/t15-,17?/m0/s1. The Morgan fingerprint density at radius 3 is 2.89 bits per heavy atom. The second-order valence-corrected chi connectivity index (χ2v) is 7.13. The van der Waals surface area contributed by atoms with Crippen LogP contribution in [-0.2, 0) is 9.53 Å². The molecular formula is C19H26FN3O5. The molecule has 2 amide bonds. The van der Waals surface area contributed by atoms with Gasteiger partial charge in [-0.15, -0.1) is 0 Å². The molecule has 2 fully saturated rings. The fraction of sp³-hybridized carbons (Fsp3) is 0.579. The number of nitrogens with one attached hydrogen (secondary N) is 2. The van der Waals surface area contributed by atoms with Crippen LogP contribution in [0, 0.1) is 11.7 Å². The summed E-state index contributed by atoms with van der Waals surface area (Å²) < 4.78 is 25.1. The highest BCUT2D eigenvalue weighted by atomic mass is 19.1. The van der Waals surface area contributed by atoms with Crippen LogP contribution in [0.25, 0.3) is 0 Å². The van der Waals surface area contributed by atoms with E-state index in [1.54, 1.807) is 6.07 Å². The third kappa shape index (κ3) is 5.11. The molecule has 0 aromatic heterocycles. The monoisotopic (exact) mass is 395 g/mol. The molecule has 28 heavy (non-hydrogen) atoms. The average Bonchev–Trinajstić information content (AvgIpc) is 3.06. The van der Waals surface area contributed by atoms with E-state index >= 15 is 0 Å². The molecule has 2 aliphatic rings. The van der Waals surface area contributed by atoms with Crippen molar-refractivity contribution < 1.29 is 28.6 Å². The average molecular weight is 395 g/mol. The van der Waals surface area contributed by atoms with Crippen molar-refractivity contribution in [2.24, 2.45) is 5.92 Å². The zero-order valence-electron chi connectivity index (χ0n) is 15.8. The lowest BCUT2D eigenvalue weighted by molar-refractivity contribution is -0.119. The first-order chi connectivity index (χ1) is 13.4. The van der Waals surface area contributed by atoms with Crippen molar-refractivity contribution in [1.29, 1.82) is 0 Å². The number of cyclic esters (lactones) is 1. The van der Waals surface area contributed by atoms with Gasteiger partial charge in [0.2, 0.25) is 5.91 Å². The van der Waals surface area contributed by atoms with Crippen LogP contribution in [0.3, 0.4) is 0 Å². The van der Waals surface area contributed by atoms with Crippen LogP contribution >= 0.6 is 0 Å². The predicted molar refractivity (Wildman–Crippen MR) is 99.8 cm³/mol. The fourth-order valence-corrected chi connectivity index (χ4v) is 3.41. The molecule has 154 valence electrons. The zero-order chi connectivity index (χ0) is 20.1. The van der Waals surface area contributed by atoms with Crippen LogP contribution in [0.1, 0.15) is 19.8 Å². The summed E-state index contributed by atoms with van der Waals surface area (Å²) in [5.74, 6) is -0.663. The number of hydrogen-bond donors (Lipinski definition) is 3. The van der Waals surface area contributed by atoms with Gasteiger partial charge < -0.3 is 25.2 Å². The zero-order valence-corrected chi connectivity index (χ0v) is 15.8. The van der Waals surface area contributed by atoms with E-state index in [1.807, 2.05) is 0 Å². The normalized spacial score (nSPS) is 21.3. The molecule has 0 spiro atoms. The van der Waals surface area contributed by atoms with Crippen LogP contribution in [0.4, 0.5) is 14.9 Å². The minimum absolute atomic E-state index is 0.0193. The summed E-state index contributed by atoms with van der Waals surface area (Å²) in [6.07, 6.45) is -0.00439. The Hall–Kier alpha value is -2.39. The quantitative estimate of drug-likeness (QED) is 0.638. The highest BCUT2D eigenvalue weighted by molar-refractivity contribution is 5.89. The second kappa shape index (κ2) is 9.20. The van der Waals surface area contributed by atoms with E-state index in [4.69, 9.17) is 9.47 Å². The lowest BCUT2D eigenvalue weighted by Crippen LogP contribution is -2.36. The Morgan fingerprint density at radius 1 is 1.46 bits per heavy atom. The van der Waals surface area contributed by atoms with Gasteiger partial charge in [-0.3, -0.25) is 9.69 Å². The number of carbonyl (C=O) groups excluding carboxylic acids is 2. The lowest BCUT2D eigenvalue weighted by Gasteiger charge is -2.27. The Bertz CT molecular complexity index is 711. The minimum atomic E-state index is -0.649. The maximum Gasteiger partial charge on any atom is 0.414 e. The van der Waals surface area contributed by atoms with Crippen molar-refractivity contribution in [3.05, 3.63) is 24.0 Å². The summed E-state index contributed by atoms with van der Waals surface area (Å²) in [4.78, 5) is 24.3. The molecule has 0 radical (unpaired) electrons. The number of carbonyl (C=O) groups is 2. The van der Waals surface area contributed by atoms with Gasteiger partial charge in [0.1, 0.15) is 12.7 Å². The summed E-state index contributed by atoms with van der Waals surface area (Å²) in [5.41, 5.74) is 0.346. The predicted octanol–water partition coefficient (Wildman–Crippen LogP) is 1.03. The second-order valence-electron chi connectivity index (χ2n) is 7.13. The third-order valence-electron chi connectivity index (χ3n) is 5.02. The van der Waals surface area contributed by atoms with Gasteiger partial charge in [-0.1, -0.05) is 0 Å². The van der Waals surface area contributed by atoms with Crippen molar-refractivity contribution in [3.8, 4) is 5.75 Å². The first-order valence-corrected chi connectivity index (χ1v) is 9.47. The van der Waals surface area contributed by atoms with E-state index in [0.29, 0.717) is 5.69 Å². The van der Waals surface area contributed by atoms with E-state index in [1.165, 1.54) is 24.0 Å². The molecule has 0 saturated carbocycles. The summed E-state index contributed by atoms with van der Waals surface area (Å²) in [6, 6.07) is 4.21. The molecule has 3 N–H and O–H groups in total. The number of piperidine rings is 1. The number of rotatable bonds is 7. The van der Waals surface area contributed by atoms with Gasteiger partial charge in [-0.05, 0) is 44.0 Å². The molecule has 2 saturated heterocycles. The van der Waals surface area contributed by atoms with E-state index in [-0.39, 0.29) is 37.3 Å². The van der Waals surface area contributed by atoms with Crippen LogP contribution in [0.5, 0.6) is 5.75 Å². The summed E-state index contributed by atoms with van der Waals surface area (Å²) in [5, 5.41) is 16.1. The number of nitrogens with zero attached hydrogens (tertiary/aromatic N) is 1. The molecule has 2 aliphatic heterocycles. The summed E-state index contributed by atoms with van der Waals surface area (Å²) in [6.45, 7) is 3.54. The molecule has 9 heteroatoms. The maximum absolute atomic E-state index is 14.4. The molecule has 3 rings (SSSR count). The number of amides is 2. The lowest BCUT2D eigenvalue weighted by atomic mass is 9.93. The Kier molecular flexibility index (Phi) is 6.69. The van der Waals surface area contributed by atoms with E-state index < -0.39 is 24.1 Å². The van der Waals surface area contributed by atoms with Crippen LogP contribution in [0.15, 0.2) is 18.2 Å². The highest BCUT2D eigenvalue weighted by Gasteiger charge is 2.33. The number of benzene rings is 1. The van der Waals surface area contributed by atoms with Crippen molar-refractivity contribution in [2.45, 2.75) is 32.0 Å². The van der Waals surface area contributed by atoms with Gasteiger partial charge in [-0.2, -0.15) is 0 Å². The third-order valence-corrected chi connectivity index (χ3v) is 5.02. The Morgan fingerprint density at radius 2 is 2.21 bits per heavy atom. The molecular weight excluding hydrogens is 369 g/mol. The maximum atomic E-state index is 14.4. The van der Waals surface area contributed by atoms with Crippen molar-refractivity contribution in [3.63, 3.8) is 0 Å². The highest BCUT2D eigenvalue weighted by Crippen LogP contribution is 2.27. The molecule has 8 nitrogen and oxygen atoms in total. The molecule has 0 aliphatic carbocycles. The number of halogens is 1. The fourth-order valence-electron chi connectivity index (χ4n) is 3.41. The number of aliphatic hydroxyl groups excluding tert-OH is 1. The Labute approximate surface area is 163 Å². The molecule has 1 aromatic carbocycles. The van der Waals surface area contributed by atoms with Gasteiger partial charge >= 0.3 is 6.09 Å². The van der Waals surface area contributed by atoms with Crippen LogP contribution in [-0.4, -0.2) is 62.1 Å². The van der Waals surface area contributed by atoms with Crippen molar-refractivity contribution >= 4 is 17.7 Å². The van der Waals surface area contributed by atoms with Crippen molar-refractivity contribution in [2.75, 3.05) is 37.7 Å². The van der Waals surface area contributed by atoms with Gasteiger partial charge in [0, 0.05) is 13.0 Å². The van der Waals surface area contributed by atoms with E-state index in [2.05, 4.69) is 10.6 Å². The largest absolute Gasteiger partial charge is 0.488 e. The van der Waals surface area contributed by atoms with E-state index in [9.17, 15) is 19.1 Å². The molecule has 1 unspecified atom stereocenters. The first-order valence-electron chi connectivity index (χ1n) is 9.47. The van der Waals surface area contributed by atoms with Gasteiger partial charge in [0.25, 0.3) is 0 Å². The number of hydrogen-bond acceptors (Lipinski definition) is 6. The number of anilines is 1. The van der Waals surface area contributed by atoms with Crippen molar-refractivity contribution in [1.82, 2.24) is 10.6 Å². The number of aliphatic hydroxyl groups is 1. The van der Waals surface area contributed by atoms with Crippen LogP contribution < -0.4 is 20.3 Å². The summed E-state index contributed by atoms with van der Waals surface area (Å²) in [7, 11) is 0. The SMILES string of the molecule is CC(=O)NC[C@H]1CN(c2ccc(OCC(O)C3CCNCC3)c(F)c2)C(=O)O1. The van der Waals surface area contributed by atoms with Gasteiger partial charge in [-0.25, -0.2) is 9.18 Å². The molecule has 2 heterocycles. The molecule has 1 aromatic rings. The molecule has 2 atom stereocenters. The first kappa shape index (κ1) is 20.3. The molecule has 0 bridgehead atoms.